The van der Waals surface area contributed by atoms with Crippen molar-refractivity contribution in [2.75, 3.05) is 13.7 Å². The van der Waals surface area contributed by atoms with Crippen LogP contribution in [-0.2, 0) is 51.2 Å². The molecule has 2 aromatic rings. The summed E-state index contributed by atoms with van der Waals surface area (Å²) in [6.07, 6.45) is -5.27. The topological polar surface area (TPSA) is 89.5 Å². The van der Waals surface area contributed by atoms with E-state index in [4.69, 9.17) is 31.2 Å². The average molecular weight is 461 g/mol. The maximum absolute atomic E-state index is 12.0. The average Bonchev–Trinajstić information content (AvgIpc) is 2.85. The molecule has 33 heavy (non-hydrogen) atoms. The first-order valence-electron chi connectivity index (χ1n) is 11.7. The number of rotatable bonds is 10. The predicted molar refractivity (Wildman–Crippen MR) is 118 cm³/mol. The first-order valence-corrected chi connectivity index (χ1v) is 10.5. The largest absolute Gasteiger partial charge is 0.463 e. The Balaban J connectivity index is 1.95. The minimum absolute atomic E-state index is 0.239. The van der Waals surface area contributed by atoms with Gasteiger partial charge in [-0.25, -0.2) is 0 Å². The van der Waals surface area contributed by atoms with E-state index in [-0.39, 0.29) is 6.61 Å². The number of esters is 2. The van der Waals surface area contributed by atoms with Crippen LogP contribution in [-0.4, -0.2) is 56.4 Å². The molecule has 0 bridgehead atoms. The maximum atomic E-state index is 12.0. The molecule has 1 aliphatic rings. The smallest absolute Gasteiger partial charge is 0.303 e. The monoisotopic (exact) mass is 460 g/mol. The van der Waals surface area contributed by atoms with E-state index in [0.717, 1.165) is 0 Å². The minimum Gasteiger partial charge on any atom is -0.463 e. The van der Waals surface area contributed by atoms with Gasteiger partial charge in [0.1, 0.15) is 24.9 Å². The van der Waals surface area contributed by atoms with E-state index in [1.807, 2.05) is 12.1 Å². The van der Waals surface area contributed by atoms with Gasteiger partial charge in [-0.2, -0.15) is 0 Å². The molecule has 0 spiro atoms. The molecule has 2 aromatic carbocycles. The molecule has 0 amide bonds. The molecule has 3 rings (SSSR count). The number of hydrogen-bond acceptors (Lipinski definition) is 8. The molecule has 0 radical (unpaired) electrons. The van der Waals surface area contributed by atoms with Crippen molar-refractivity contribution in [2.24, 2.45) is 0 Å². The number of benzene rings is 2. The maximum Gasteiger partial charge on any atom is 0.303 e. The van der Waals surface area contributed by atoms with Crippen molar-refractivity contribution in [3.05, 3.63) is 71.8 Å². The molecule has 1 aliphatic heterocycles. The van der Waals surface area contributed by atoms with Crippen LogP contribution >= 0.6 is 0 Å². The normalized spacial score (nSPS) is 27.5. The third-order valence-electron chi connectivity index (χ3n) is 4.90. The highest BCUT2D eigenvalue weighted by Gasteiger charge is 2.50. The first kappa shape index (κ1) is 22.0. The summed E-state index contributed by atoms with van der Waals surface area (Å²) < 4.78 is 51.3. The van der Waals surface area contributed by atoms with E-state index in [0.29, 0.717) is 11.1 Å². The van der Waals surface area contributed by atoms with Gasteiger partial charge < -0.3 is 28.4 Å². The number of ether oxygens (including phenoxy) is 6. The molecule has 3 unspecified atom stereocenters. The van der Waals surface area contributed by atoms with Crippen molar-refractivity contribution in [1.82, 2.24) is 0 Å². The summed E-state index contributed by atoms with van der Waals surface area (Å²) in [5.41, 5.74) is 1.15. The summed E-state index contributed by atoms with van der Waals surface area (Å²) in [6, 6.07) is 17.7. The molecule has 8 nitrogen and oxygen atoms in total. The molecule has 1 fully saturated rings. The summed E-state index contributed by atoms with van der Waals surface area (Å²) in [5.74, 6) is -1.17. The number of carbonyl (C=O) groups is 2. The van der Waals surface area contributed by atoms with Crippen molar-refractivity contribution in [1.29, 1.82) is 0 Å². The van der Waals surface area contributed by atoms with E-state index in [2.05, 4.69) is 0 Å². The highest BCUT2D eigenvalue weighted by atomic mass is 16.7. The molecular formula is C25H30O8. The summed E-state index contributed by atoms with van der Waals surface area (Å²) in [4.78, 5) is 23.5. The summed E-state index contributed by atoms with van der Waals surface area (Å²) >= 11 is 0. The highest BCUT2D eigenvalue weighted by molar-refractivity contribution is 5.66. The van der Waals surface area contributed by atoms with Crippen LogP contribution < -0.4 is 0 Å². The second kappa shape index (κ2) is 12.5. The third kappa shape index (κ3) is 7.36. The van der Waals surface area contributed by atoms with Crippen molar-refractivity contribution in [3.63, 3.8) is 0 Å². The van der Waals surface area contributed by atoms with E-state index < -0.39 is 55.8 Å². The zero-order valence-corrected chi connectivity index (χ0v) is 18.8. The molecule has 0 aromatic heterocycles. The Morgan fingerprint density at radius 3 is 1.88 bits per heavy atom. The van der Waals surface area contributed by atoms with Crippen LogP contribution in [0.15, 0.2) is 60.7 Å². The van der Waals surface area contributed by atoms with Crippen LogP contribution in [0.25, 0.3) is 0 Å². The van der Waals surface area contributed by atoms with Gasteiger partial charge in [0, 0.05) is 21.0 Å². The minimum atomic E-state index is -1.17. The number of carbonyl (C=O) groups excluding carboxylic acids is 2. The fourth-order valence-corrected chi connectivity index (χ4v) is 3.41. The fraction of sp³-hybridized carbons (Fsp3) is 0.440. The fourth-order valence-electron chi connectivity index (χ4n) is 3.41. The van der Waals surface area contributed by atoms with Gasteiger partial charge >= 0.3 is 11.9 Å². The Labute approximate surface area is 196 Å². The van der Waals surface area contributed by atoms with Gasteiger partial charge in [0.05, 0.1) is 15.9 Å². The van der Waals surface area contributed by atoms with Gasteiger partial charge in [-0.1, -0.05) is 60.7 Å². The number of hydrogen-bond donors (Lipinski definition) is 0. The predicted octanol–water partition coefficient (Wildman–Crippen LogP) is 3.02. The second-order valence-corrected chi connectivity index (χ2v) is 7.41. The van der Waals surface area contributed by atoms with Gasteiger partial charge in [-0.05, 0) is 11.1 Å². The summed E-state index contributed by atoms with van der Waals surface area (Å²) in [6.45, 7) is -0.0765. The van der Waals surface area contributed by atoms with Gasteiger partial charge in [-0.15, -0.1) is 0 Å². The summed E-state index contributed by atoms with van der Waals surface area (Å²) in [7, 11) is 1.39. The lowest BCUT2D eigenvalue weighted by atomic mass is 9.98. The molecule has 0 aliphatic carbocycles. The molecule has 178 valence electrons. The van der Waals surface area contributed by atoms with Gasteiger partial charge in [-0.3, -0.25) is 9.59 Å². The lowest BCUT2D eigenvalue weighted by Crippen LogP contribution is -2.62. The van der Waals surface area contributed by atoms with Crippen LogP contribution in [0.4, 0.5) is 0 Å². The highest BCUT2D eigenvalue weighted by Crippen LogP contribution is 2.30. The zero-order chi connectivity index (χ0) is 25.4. The van der Waals surface area contributed by atoms with Crippen molar-refractivity contribution in [2.45, 2.75) is 57.7 Å². The van der Waals surface area contributed by atoms with Crippen LogP contribution in [0.3, 0.4) is 0 Å². The van der Waals surface area contributed by atoms with Gasteiger partial charge in [0.15, 0.2) is 12.4 Å². The van der Waals surface area contributed by atoms with Gasteiger partial charge in [0.2, 0.25) is 0 Å². The molecular weight excluding hydrogens is 428 g/mol. The van der Waals surface area contributed by atoms with E-state index in [1.54, 1.807) is 48.5 Å². The Kier molecular flexibility index (Phi) is 8.32. The van der Waals surface area contributed by atoms with Crippen LogP contribution in [0.1, 0.15) is 27.7 Å². The molecule has 1 heterocycles. The third-order valence-corrected chi connectivity index (χ3v) is 4.90. The Morgan fingerprint density at radius 2 is 1.39 bits per heavy atom. The lowest BCUT2D eigenvalue weighted by molar-refractivity contribution is -0.316. The second-order valence-electron chi connectivity index (χ2n) is 7.41. The standard InChI is InChI=1S/C25H30O8/c1-17(26)29-16-21-22(32-18(2)27)23(30-14-19-10-6-4-7-11-19)24(25(28-3)33-21)31-15-20-12-8-5-9-13-20/h4-13,21-25H,14-16H2,1-3H3/t21-,22-,23+,24-,25?/m1/s1/i14D,15D/t14?,15?,21-,22-,23+,24-,25?. The van der Waals surface area contributed by atoms with Crippen LogP contribution in [0.2, 0.25) is 0 Å². The Morgan fingerprint density at radius 1 is 0.848 bits per heavy atom. The van der Waals surface area contributed by atoms with Crippen LogP contribution in [0.5, 0.6) is 0 Å². The summed E-state index contributed by atoms with van der Waals surface area (Å²) in [5, 5.41) is 0. The van der Waals surface area contributed by atoms with Crippen LogP contribution in [0, 0.1) is 0 Å². The van der Waals surface area contributed by atoms with E-state index in [9.17, 15) is 9.59 Å². The molecule has 0 N–H and O–H groups in total. The number of methoxy groups -OCH3 is 1. The van der Waals surface area contributed by atoms with E-state index >= 15 is 0 Å². The zero-order valence-electron chi connectivity index (χ0n) is 20.8. The molecule has 8 heteroatoms. The lowest BCUT2D eigenvalue weighted by Gasteiger charge is -2.44. The molecule has 0 saturated carbocycles. The Hall–Kier alpha value is -2.78. The van der Waals surface area contributed by atoms with Crippen molar-refractivity contribution >= 4 is 11.9 Å². The molecule has 1 saturated heterocycles. The van der Waals surface area contributed by atoms with E-state index in [1.165, 1.54) is 21.0 Å². The van der Waals surface area contributed by atoms with Gasteiger partial charge in [0.25, 0.3) is 0 Å². The Bertz CT molecular complexity index is 945. The molecule has 7 atom stereocenters. The first-order chi connectivity index (χ1) is 16.8. The van der Waals surface area contributed by atoms with Crippen molar-refractivity contribution < 1.29 is 40.8 Å². The SMILES string of the molecule is [2H]C(O[C@H]1[C@H](OC(C)=O)[C@@H](COC(C)=O)OC(OC)[C@@H]1OC([2H])c1ccccc1)c1ccccc1. The quantitative estimate of drug-likeness (QED) is 0.500. The van der Waals surface area contributed by atoms with Crippen molar-refractivity contribution in [3.8, 4) is 0 Å².